The number of thioether (sulfide) groups is 1. The number of rotatable bonds is 6. The van der Waals surface area contributed by atoms with Gasteiger partial charge in [0.15, 0.2) is 0 Å². The lowest BCUT2D eigenvalue weighted by atomic mass is 10.3. The number of nitrogens with one attached hydrogen (secondary N) is 1. The quantitative estimate of drug-likeness (QED) is 0.486. The van der Waals surface area contributed by atoms with Gasteiger partial charge in [-0.2, -0.15) is 5.26 Å². The molecule has 0 spiro atoms. The number of benzene rings is 1. The van der Waals surface area contributed by atoms with E-state index in [1.807, 2.05) is 13.8 Å². The summed E-state index contributed by atoms with van der Waals surface area (Å²) in [7, 11) is 0. The Morgan fingerprint density at radius 3 is 2.50 bits per heavy atom. The van der Waals surface area contributed by atoms with Gasteiger partial charge in [0.25, 0.3) is 5.69 Å². The smallest absolute Gasteiger partial charge is 0.269 e. The van der Waals surface area contributed by atoms with Crippen LogP contribution in [-0.2, 0) is 0 Å². The third-order valence-corrected chi connectivity index (χ3v) is 3.26. The van der Waals surface area contributed by atoms with E-state index in [4.69, 9.17) is 5.26 Å². The van der Waals surface area contributed by atoms with Crippen molar-refractivity contribution in [3.8, 4) is 6.07 Å². The zero-order chi connectivity index (χ0) is 13.5. The first-order chi connectivity index (χ1) is 8.52. The Morgan fingerprint density at radius 2 is 2.06 bits per heavy atom. The van der Waals surface area contributed by atoms with Crippen molar-refractivity contribution < 1.29 is 4.92 Å². The van der Waals surface area contributed by atoms with Gasteiger partial charge in [-0.1, -0.05) is 0 Å². The normalized spacial score (nSPS) is 12.1. The number of nitro groups is 1. The monoisotopic (exact) mass is 265 g/mol. The van der Waals surface area contributed by atoms with Crippen molar-refractivity contribution in [1.29, 1.82) is 5.26 Å². The van der Waals surface area contributed by atoms with Crippen LogP contribution in [0.2, 0.25) is 0 Å². The second-order valence-corrected chi connectivity index (χ2v) is 5.16. The molecule has 0 aliphatic heterocycles. The van der Waals surface area contributed by atoms with Crippen LogP contribution in [0.25, 0.3) is 0 Å². The molecule has 1 N–H and O–H groups in total. The second kappa shape index (κ2) is 6.99. The Kier molecular flexibility index (Phi) is 5.62. The molecule has 18 heavy (non-hydrogen) atoms. The van der Waals surface area contributed by atoms with Gasteiger partial charge in [-0.05, 0) is 26.0 Å². The van der Waals surface area contributed by atoms with E-state index in [0.29, 0.717) is 5.75 Å². The van der Waals surface area contributed by atoms with Crippen molar-refractivity contribution in [2.75, 3.05) is 5.75 Å². The number of non-ortho nitro benzene ring substituents is 1. The number of nitrogens with zero attached hydrogens (tertiary/aromatic N) is 2. The van der Waals surface area contributed by atoms with Gasteiger partial charge in [0, 0.05) is 28.8 Å². The third kappa shape index (κ3) is 4.73. The summed E-state index contributed by atoms with van der Waals surface area (Å²) in [6.07, 6.45) is 0. The first-order valence-electron chi connectivity index (χ1n) is 5.56. The number of hydrogen-bond acceptors (Lipinski definition) is 5. The third-order valence-electron chi connectivity index (χ3n) is 2.15. The summed E-state index contributed by atoms with van der Waals surface area (Å²) < 4.78 is 0. The van der Waals surface area contributed by atoms with Crippen molar-refractivity contribution >= 4 is 17.4 Å². The van der Waals surface area contributed by atoms with Crippen molar-refractivity contribution in [2.45, 2.75) is 30.8 Å². The van der Waals surface area contributed by atoms with Crippen LogP contribution in [0.4, 0.5) is 5.69 Å². The van der Waals surface area contributed by atoms with Crippen LogP contribution in [0.1, 0.15) is 13.8 Å². The SMILES string of the molecule is CC(C)NC(C#N)CSc1ccc([N+](=O)[O-])cc1. The molecule has 0 fully saturated rings. The molecule has 1 rings (SSSR count). The average molecular weight is 265 g/mol. The molecule has 0 amide bonds. The summed E-state index contributed by atoms with van der Waals surface area (Å²) >= 11 is 1.51. The molecule has 0 heterocycles. The molecule has 1 unspecified atom stereocenters. The largest absolute Gasteiger partial charge is 0.299 e. The highest BCUT2D eigenvalue weighted by molar-refractivity contribution is 7.99. The van der Waals surface area contributed by atoms with E-state index in [1.54, 1.807) is 12.1 Å². The van der Waals surface area contributed by atoms with Crippen molar-refractivity contribution in [2.24, 2.45) is 0 Å². The summed E-state index contributed by atoms with van der Waals surface area (Å²) in [6, 6.07) is 8.58. The fourth-order valence-electron chi connectivity index (χ4n) is 1.37. The Labute approximate surface area is 110 Å². The molecule has 0 saturated carbocycles. The minimum absolute atomic E-state index is 0.0801. The minimum atomic E-state index is -0.424. The van der Waals surface area contributed by atoms with E-state index < -0.39 is 4.92 Å². The molecule has 5 nitrogen and oxygen atoms in total. The fraction of sp³-hybridized carbons (Fsp3) is 0.417. The van der Waals surface area contributed by atoms with Crippen LogP contribution < -0.4 is 5.32 Å². The second-order valence-electron chi connectivity index (χ2n) is 4.07. The van der Waals surface area contributed by atoms with Gasteiger partial charge in [0.1, 0.15) is 6.04 Å². The van der Waals surface area contributed by atoms with Gasteiger partial charge in [-0.25, -0.2) is 0 Å². The maximum Gasteiger partial charge on any atom is 0.269 e. The van der Waals surface area contributed by atoms with E-state index in [9.17, 15) is 10.1 Å². The molecule has 0 aliphatic carbocycles. The Balaban J connectivity index is 2.52. The highest BCUT2D eigenvalue weighted by atomic mass is 32.2. The van der Waals surface area contributed by atoms with E-state index in [2.05, 4.69) is 11.4 Å². The predicted molar refractivity (Wildman–Crippen MR) is 71.5 cm³/mol. The molecule has 6 heteroatoms. The molecule has 0 saturated heterocycles. The highest BCUT2D eigenvalue weighted by Crippen LogP contribution is 2.21. The van der Waals surface area contributed by atoms with Gasteiger partial charge in [-0.3, -0.25) is 15.4 Å². The lowest BCUT2D eigenvalue weighted by molar-refractivity contribution is -0.384. The molecule has 1 aromatic rings. The summed E-state index contributed by atoms with van der Waals surface area (Å²) in [5.41, 5.74) is 0.0801. The molecule has 0 bridgehead atoms. The maximum atomic E-state index is 10.5. The van der Waals surface area contributed by atoms with Gasteiger partial charge in [0.05, 0.1) is 11.0 Å². The van der Waals surface area contributed by atoms with Crippen LogP contribution in [0.15, 0.2) is 29.2 Å². The van der Waals surface area contributed by atoms with Gasteiger partial charge < -0.3 is 0 Å². The molecule has 96 valence electrons. The molecule has 0 aromatic heterocycles. The molecular weight excluding hydrogens is 250 g/mol. The Bertz CT molecular complexity index is 440. The maximum absolute atomic E-state index is 10.5. The topological polar surface area (TPSA) is 79.0 Å². The van der Waals surface area contributed by atoms with E-state index >= 15 is 0 Å². The zero-order valence-electron chi connectivity index (χ0n) is 10.3. The minimum Gasteiger partial charge on any atom is -0.299 e. The highest BCUT2D eigenvalue weighted by Gasteiger charge is 2.10. The fourth-order valence-corrected chi connectivity index (χ4v) is 2.23. The lowest BCUT2D eigenvalue weighted by Gasteiger charge is -2.13. The number of nitro benzene ring substituents is 1. The van der Waals surface area contributed by atoms with Crippen molar-refractivity contribution in [1.82, 2.24) is 5.32 Å². The lowest BCUT2D eigenvalue weighted by Crippen LogP contribution is -2.35. The van der Waals surface area contributed by atoms with Crippen molar-refractivity contribution in [3.05, 3.63) is 34.4 Å². The van der Waals surface area contributed by atoms with E-state index in [-0.39, 0.29) is 17.8 Å². The summed E-state index contributed by atoms with van der Waals surface area (Å²) in [6.45, 7) is 3.97. The summed E-state index contributed by atoms with van der Waals surface area (Å²) in [4.78, 5) is 11.0. The Hall–Kier alpha value is -1.58. The number of hydrogen-bond donors (Lipinski definition) is 1. The van der Waals surface area contributed by atoms with Crippen LogP contribution in [0.3, 0.4) is 0 Å². The molecular formula is C12H15N3O2S. The first kappa shape index (κ1) is 14.5. The Morgan fingerprint density at radius 1 is 1.44 bits per heavy atom. The zero-order valence-corrected chi connectivity index (χ0v) is 11.1. The molecule has 1 atom stereocenters. The molecule has 0 aliphatic rings. The van der Waals surface area contributed by atoms with Crippen molar-refractivity contribution in [3.63, 3.8) is 0 Å². The molecule has 0 radical (unpaired) electrons. The standard InChI is InChI=1S/C12H15N3O2S/c1-9(2)14-10(7-13)8-18-12-5-3-11(4-6-12)15(16)17/h3-6,9-10,14H,8H2,1-2H3. The first-order valence-corrected chi connectivity index (χ1v) is 6.54. The van der Waals surface area contributed by atoms with E-state index in [1.165, 1.54) is 23.9 Å². The van der Waals surface area contributed by atoms with Crippen LogP contribution in [0, 0.1) is 21.4 Å². The van der Waals surface area contributed by atoms with Gasteiger partial charge in [-0.15, -0.1) is 11.8 Å². The number of nitriles is 1. The van der Waals surface area contributed by atoms with E-state index in [0.717, 1.165) is 4.90 Å². The summed E-state index contributed by atoms with van der Waals surface area (Å²) in [5, 5.41) is 22.6. The van der Waals surface area contributed by atoms with Gasteiger partial charge >= 0.3 is 0 Å². The van der Waals surface area contributed by atoms with Crippen LogP contribution in [0.5, 0.6) is 0 Å². The molecule has 1 aromatic carbocycles. The predicted octanol–water partition coefficient (Wildman–Crippen LogP) is 2.58. The van der Waals surface area contributed by atoms with Crippen LogP contribution >= 0.6 is 11.8 Å². The summed E-state index contributed by atoms with van der Waals surface area (Å²) in [5.74, 6) is 0.618. The van der Waals surface area contributed by atoms with Crippen LogP contribution in [-0.4, -0.2) is 22.8 Å². The average Bonchev–Trinajstić information content (AvgIpc) is 2.34. The van der Waals surface area contributed by atoms with Gasteiger partial charge in [0.2, 0.25) is 0 Å².